The number of quaternary nitrogens is 1. The first-order valence-corrected chi connectivity index (χ1v) is 6.54. The summed E-state index contributed by atoms with van der Waals surface area (Å²) in [5.41, 5.74) is 3.29. The average molecular weight is 299 g/mol. The minimum absolute atomic E-state index is 0.0614. The lowest BCUT2D eigenvalue weighted by atomic mass is 10.1. The number of amides is 1. The zero-order chi connectivity index (χ0) is 15.9. The van der Waals surface area contributed by atoms with Crippen LogP contribution in [-0.2, 0) is 4.57 Å². The van der Waals surface area contributed by atoms with Gasteiger partial charge in [-0.1, -0.05) is 0 Å². The molecule has 7 heteroatoms. The lowest BCUT2D eigenvalue weighted by Crippen LogP contribution is -2.41. The van der Waals surface area contributed by atoms with Gasteiger partial charge in [0.1, 0.15) is 14.7 Å². The number of hydrogen-bond acceptors (Lipinski definition) is 5. The van der Waals surface area contributed by atoms with Gasteiger partial charge in [-0.3, -0.25) is 9.05 Å². The molecule has 0 atom stereocenters. The quantitative estimate of drug-likeness (QED) is 0.587. The summed E-state index contributed by atoms with van der Waals surface area (Å²) in [5.74, 6) is 0.0614. The number of benzene rings is 1. The maximum Gasteiger partial charge on any atom is 0.349 e. The standard InChI is InChI=1S/C13H22N4O.HOP/c1-14-9-7-10(15-2)12(11(8-9)16-3)13(18)17(4,5)6;1-2/h7-8H,1-6H3,(H2-,14,15,16,18);2H/p+1. The molecule has 0 fully saturated rings. The first kappa shape index (κ1) is 18.4. The number of nitrogens with zero attached hydrogens (tertiary/aromatic N) is 1. The van der Waals surface area contributed by atoms with Gasteiger partial charge in [-0.2, -0.15) is 0 Å². The highest BCUT2D eigenvalue weighted by Gasteiger charge is 2.28. The van der Waals surface area contributed by atoms with E-state index in [2.05, 4.69) is 16.0 Å². The van der Waals surface area contributed by atoms with Gasteiger partial charge in [-0.05, 0) is 12.1 Å². The highest BCUT2D eigenvalue weighted by Crippen LogP contribution is 2.30. The third-order valence-corrected chi connectivity index (χ3v) is 2.79. The Kier molecular flexibility index (Phi) is 7.18. The molecule has 1 amide bonds. The molecular weight excluding hydrogens is 275 g/mol. The largest absolute Gasteiger partial charge is 0.388 e. The van der Waals surface area contributed by atoms with Gasteiger partial charge < -0.3 is 16.0 Å². The van der Waals surface area contributed by atoms with E-state index < -0.39 is 0 Å². The van der Waals surface area contributed by atoms with Crippen molar-refractivity contribution in [3.8, 4) is 0 Å². The molecule has 0 heterocycles. The molecule has 6 nitrogen and oxygen atoms in total. The van der Waals surface area contributed by atoms with Crippen molar-refractivity contribution in [1.82, 2.24) is 0 Å². The van der Waals surface area contributed by atoms with E-state index in [9.17, 15) is 4.79 Å². The molecule has 0 unspecified atom stereocenters. The van der Waals surface area contributed by atoms with Crippen LogP contribution in [0.25, 0.3) is 0 Å². The van der Waals surface area contributed by atoms with Crippen molar-refractivity contribution in [2.45, 2.75) is 0 Å². The molecule has 0 aromatic heterocycles. The van der Waals surface area contributed by atoms with Crippen molar-refractivity contribution in [1.29, 1.82) is 0 Å². The van der Waals surface area contributed by atoms with Crippen LogP contribution in [0.2, 0.25) is 0 Å². The van der Waals surface area contributed by atoms with Gasteiger partial charge in [0.25, 0.3) is 0 Å². The van der Waals surface area contributed by atoms with Gasteiger partial charge in [-0.25, -0.2) is 4.79 Å². The van der Waals surface area contributed by atoms with E-state index in [1.54, 1.807) is 9.12 Å². The summed E-state index contributed by atoms with van der Waals surface area (Å²) < 4.78 is 8.31. The maximum atomic E-state index is 12.5. The Hall–Kier alpha value is -1.65. The minimum Gasteiger partial charge on any atom is -0.388 e. The molecule has 112 valence electrons. The second kappa shape index (κ2) is 7.82. The number of hydrogen-bond donors (Lipinski definition) is 3. The Labute approximate surface area is 122 Å². The second-order valence-electron chi connectivity index (χ2n) is 5.01. The lowest BCUT2D eigenvalue weighted by molar-refractivity contribution is -0.785. The summed E-state index contributed by atoms with van der Waals surface area (Å²) >= 11 is 0. The lowest BCUT2D eigenvalue weighted by Gasteiger charge is -2.24. The van der Waals surface area contributed by atoms with Crippen molar-refractivity contribution in [3.63, 3.8) is 0 Å². The van der Waals surface area contributed by atoms with Gasteiger partial charge in [0.05, 0.1) is 32.5 Å². The summed E-state index contributed by atoms with van der Waals surface area (Å²) in [6.45, 7) is 0. The zero-order valence-corrected chi connectivity index (χ0v) is 13.9. The molecule has 0 bridgehead atoms. The Morgan fingerprint density at radius 1 is 0.950 bits per heavy atom. The third-order valence-electron chi connectivity index (χ3n) is 2.79. The summed E-state index contributed by atoms with van der Waals surface area (Å²) in [6, 6.07) is 3.87. The Morgan fingerprint density at radius 3 is 1.60 bits per heavy atom. The van der Waals surface area contributed by atoms with Crippen LogP contribution >= 0.6 is 9.12 Å². The van der Waals surface area contributed by atoms with E-state index in [1.807, 2.05) is 54.4 Å². The van der Waals surface area contributed by atoms with E-state index in [4.69, 9.17) is 4.57 Å². The van der Waals surface area contributed by atoms with Crippen LogP contribution in [0.5, 0.6) is 0 Å². The summed E-state index contributed by atoms with van der Waals surface area (Å²) in [7, 11) is 12.8. The minimum atomic E-state index is 0.0614. The molecule has 0 saturated heterocycles. The summed E-state index contributed by atoms with van der Waals surface area (Å²) in [4.78, 5) is 12.5. The van der Waals surface area contributed by atoms with Crippen LogP contribution in [0.15, 0.2) is 12.1 Å². The molecule has 0 radical (unpaired) electrons. The fraction of sp³-hybridized carbons (Fsp3) is 0.462. The molecule has 0 aliphatic heterocycles. The van der Waals surface area contributed by atoms with E-state index in [0.717, 1.165) is 17.1 Å². The molecule has 20 heavy (non-hydrogen) atoms. The fourth-order valence-electron chi connectivity index (χ4n) is 1.75. The van der Waals surface area contributed by atoms with Crippen molar-refractivity contribution in [2.24, 2.45) is 0 Å². The maximum absolute atomic E-state index is 12.5. The Bertz CT molecular complexity index is 447. The number of nitrogens with one attached hydrogen (secondary N) is 3. The Balaban J connectivity index is 0.00000172. The monoisotopic (exact) mass is 299 g/mol. The fourth-order valence-corrected chi connectivity index (χ4v) is 1.75. The van der Waals surface area contributed by atoms with E-state index in [0.29, 0.717) is 5.56 Å². The van der Waals surface area contributed by atoms with Gasteiger partial charge in [0.15, 0.2) is 0 Å². The van der Waals surface area contributed by atoms with Gasteiger partial charge in [0.2, 0.25) is 0 Å². The van der Waals surface area contributed by atoms with Crippen LogP contribution in [0.4, 0.5) is 17.1 Å². The predicted octanol–water partition coefficient (Wildman–Crippen LogP) is 2.13. The van der Waals surface area contributed by atoms with Gasteiger partial charge >= 0.3 is 5.91 Å². The highest BCUT2D eigenvalue weighted by molar-refractivity contribution is 7.00. The molecular formula is C13H24N4O2P+. The SMILES string of the molecule is CNc1cc(NC)c(C(=O)[N+](C)(C)C)c(NC)c1.O=P. The number of anilines is 3. The van der Waals surface area contributed by atoms with Crippen molar-refractivity contribution < 1.29 is 13.8 Å². The molecule has 0 spiro atoms. The van der Waals surface area contributed by atoms with Crippen molar-refractivity contribution in [3.05, 3.63) is 17.7 Å². The number of carbonyl (C=O) groups excluding carboxylic acids is 1. The molecule has 0 saturated carbocycles. The van der Waals surface area contributed by atoms with Crippen LogP contribution < -0.4 is 16.0 Å². The van der Waals surface area contributed by atoms with E-state index in [-0.39, 0.29) is 10.4 Å². The van der Waals surface area contributed by atoms with Gasteiger partial charge in [-0.15, -0.1) is 0 Å². The molecule has 1 aromatic rings. The number of carbonyl (C=O) groups is 1. The van der Waals surface area contributed by atoms with Crippen LogP contribution in [-0.4, -0.2) is 52.7 Å². The van der Waals surface area contributed by atoms with Gasteiger partial charge in [0, 0.05) is 26.8 Å². The van der Waals surface area contributed by atoms with Crippen molar-refractivity contribution in [2.75, 3.05) is 58.2 Å². The van der Waals surface area contributed by atoms with Crippen LogP contribution in [0.3, 0.4) is 0 Å². The summed E-state index contributed by atoms with van der Waals surface area (Å²) in [6.07, 6.45) is 0. The first-order chi connectivity index (χ1) is 9.35. The number of rotatable bonds is 4. The smallest absolute Gasteiger partial charge is 0.349 e. The topological polar surface area (TPSA) is 70.2 Å². The molecule has 1 rings (SSSR count). The third kappa shape index (κ3) is 4.18. The van der Waals surface area contributed by atoms with Crippen LogP contribution in [0.1, 0.15) is 10.4 Å². The molecule has 1 aromatic carbocycles. The van der Waals surface area contributed by atoms with E-state index >= 15 is 0 Å². The first-order valence-electron chi connectivity index (χ1n) is 6.13. The zero-order valence-electron chi connectivity index (χ0n) is 12.9. The molecule has 3 N–H and O–H groups in total. The molecule has 0 aliphatic rings. The van der Waals surface area contributed by atoms with Crippen LogP contribution in [0, 0.1) is 0 Å². The van der Waals surface area contributed by atoms with E-state index in [1.165, 1.54) is 0 Å². The average Bonchev–Trinajstić information content (AvgIpc) is 2.45. The normalized spacial score (nSPS) is 10.1. The predicted molar refractivity (Wildman–Crippen MR) is 86.4 cm³/mol. The second-order valence-corrected chi connectivity index (χ2v) is 5.01. The van der Waals surface area contributed by atoms with Crippen molar-refractivity contribution >= 4 is 32.1 Å². The summed E-state index contributed by atoms with van der Waals surface area (Å²) in [5, 5.41) is 9.26. The highest BCUT2D eigenvalue weighted by atomic mass is 31.0. The Morgan fingerprint density at radius 2 is 1.35 bits per heavy atom. The molecule has 0 aliphatic carbocycles.